The summed E-state index contributed by atoms with van der Waals surface area (Å²) in [4.78, 5) is 22.4. The molecule has 2 aromatic heterocycles. The Bertz CT molecular complexity index is 1160. The van der Waals surface area contributed by atoms with E-state index in [9.17, 15) is 10.1 Å². The largest absolute Gasteiger partial charge is 0.460 e. The molecule has 0 aliphatic rings. The number of anilines is 1. The number of carbonyl (C=O) groups is 1. The van der Waals surface area contributed by atoms with E-state index in [1.54, 1.807) is 35.9 Å². The van der Waals surface area contributed by atoms with E-state index in [1.807, 2.05) is 67.5 Å². The van der Waals surface area contributed by atoms with Gasteiger partial charge in [0.25, 0.3) is 0 Å². The molecule has 2 rings (SSSR count). The van der Waals surface area contributed by atoms with Gasteiger partial charge in [0.2, 0.25) is 0 Å². The van der Waals surface area contributed by atoms with Crippen LogP contribution in [0.5, 0.6) is 0 Å². The number of aromatic nitrogens is 2. The monoisotopic (exact) mass is 541 g/mol. The molecule has 0 saturated carbocycles. The number of nitrogen functional groups attached to an aromatic ring is 1. The van der Waals surface area contributed by atoms with Gasteiger partial charge < -0.3 is 10.5 Å². The Morgan fingerprint density at radius 2 is 1.35 bits per heavy atom. The predicted octanol–water partition coefficient (Wildman–Crippen LogP) is 6.46. The molecule has 37 heavy (non-hydrogen) atoms. The van der Waals surface area contributed by atoms with Gasteiger partial charge in [0.15, 0.2) is 0 Å². The van der Waals surface area contributed by atoms with Crippen LogP contribution in [0, 0.1) is 22.7 Å². The zero-order valence-electron chi connectivity index (χ0n) is 23.4. The first kappa shape index (κ1) is 32.3. The first-order valence-corrected chi connectivity index (χ1v) is 14.1. The molecule has 200 valence electrons. The van der Waals surface area contributed by atoms with Crippen molar-refractivity contribution in [1.82, 2.24) is 9.97 Å². The standard InChI is InChI=1S/C17H24N2O2S.C11H15N3S/c1-7-22-14-8-12(17(5,6)11-18)10-19-13(14)9-15(20)21-16(2,3)4;1-4-15-9-5-8(6-14-10(9)13)11(2,3)7-12/h8,10H,7,9H2,1-6H3;5-6H,4H2,1-3H3,(H2,13,14). The number of hydrogen-bond acceptors (Lipinski definition) is 9. The van der Waals surface area contributed by atoms with E-state index in [-0.39, 0.29) is 12.4 Å². The number of esters is 1. The minimum absolute atomic E-state index is 0.146. The van der Waals surface area contributed by atoms with Crippen LogP contribution in [0.25, 0.3) is 0 Å². The number of pyridine rings is 2. The van der Waals surface area contributed by atoms with Crippen molar-refractivity contribution in [2.24, 2.45) is 0 Å². The van der Waals surface area contributed by atoms with Gasteiger partial charge in [-0.2, -0.15) is 10.5 Å². The lowest BCUT2D eigenvalue weighted by atomic mass is 9.87. The number of nitrogens with two attached hydrogens (primary N) is 1. The van der Waals surface area contributed by atoms with Crippen molar-refractivity contribution in [3.63, 3.8) is 0 Å². The number of nitrogens with zero attached hydrogens (tertiary/aromatic N) is 4. The summed E-state index contributed by atoms with van der Waals surface area (Å²) in [6, 6.07) is 8.45. The lowest BCUT2D eigenvalue weighted by molar-refractivity contribution is -0.154. The molecule has 7 nitrogen and oxygen atoms in total. The van der Waals surface area contributed by atoms with Gasteiger partial charge in [-0.3, -0.25) is 9.78 Å². The van der Waals surface area contributed by atoms with Crippen molar-refractivity contribution in [2.75, 3.05) is 17.2 Å². The van der Waals surface area contributed by atoms with E-state index >= 15 is 0 Å². The molecule has 0 spiro atoms. The molecule has 0 aromatic carbocycles. The second-order valence-corrected chi connectivity index (χ2v) is 13.0. The molecule has 0 amide bonds. The molecule has 0 fully saturated rings. The van der Waals surface area contributed by atoms with Gasteiger partial charge in [-0.05, 0) is 83.2 Å². The zero-order valence-corrected chi connectivity index (χ0v) is 25.1. The number of carbonyl (C=O) groups excluding carboxylic acids is 1. The first-order chi connectivity index (χ1) is 17.1. The summed E-state index contributed by atoms with van der Waals surface area (Å²) in [5, 5.41) is 18.3. The van der Waals surface area contributed by atoms with Crippen LogP contribution in [-0.2, 0) is 26.8 Å². The average molecular weight is 542 g/mol. The lowest BCUT2D eigenvalue weighted by Gasteiger charge is -2.20. The van der Waals surface area contributed by atoms with Crippen molar-refractivity contribution in [3.05, 3.63) is 41.3 Å². The molecule has 9 heteroatoms. The highest BCUT2D eigenvalue weighted by molar-refractivity contribution is 7.99. The molecule has 0 saturated heterocycles. The van der Waals surface area contributed by atoms with Gasteiger partial charge in [0.1, 0.15) is 11.4 Å². The summed E-state index contributed by atoms with van der Waals surface area (Å²) >= 11 is 3.27. The minimum atomic E-state index is -0.597. The van der Waals surface area contributed by atoms with E-state index in [2.05, 4.69) is 29.0 Å². The van der Waals surface area contributed by atoms with Crippen LogP contribution in [-0.4, -0.2) is 33.0 Å². The SMILES string of the molecule is CCSc1cc(C(C)(C)C#N)cnc1CC(=O)OC(C)(C)C.CCSc1cc(C(C)(C)C#N)cnc1N. The molecule has 0 aliphatic carbocycles. The Morgan fingerprint density at radius 3 is 1.81 bits per heavy atom. The average Bonchev–Trinajstić information content (AvgIpc) is 2.81. The minimum Gasteiger partial charge on any atom is -0.460 e. The fourth-order valence-electron chi connectivity index (χ4n) is 2.94. The highest BCUT2D eigenvalue weighted by atomic mass is 32.2. The molecule has 2 heterocycles. The summed E-state index contributed by atoms with van der Waals surface area (Å²) in [5.74, 6) is 2.08. The van der Waals surface area contributed by atoms with Crippen LogP contribution in [0.15, 0.2) is 34.3 Å². The normalized spacial score (nSPS) is 11.5. The molecule has 0 bridgehead atoms. The van der Waals surface area contributed by atoms with E-state index < -0.39 is 16.4 Å². The third-order valence-corrected chi connectivity index (χ3v) is 7.03. The zero-order chi connectivity index (χ0) is 28.4. The van der Waals surface area contributed by atoms with Crippen molar-refractivity contribution >= 4 is 35.3 Å². The summed E-state index contributed by atoms with van der Waals surface area (Å²) < 4.78 is 5.35. The number of nitriles is 2. The van der Waals surface area contributed by atoms with E-state index in [0.29, 0.717) is 11.5 Å². The second-order valence-electron chi connectivity index (χ2n) is 10.4. The summed E-state index contributed by atoms with van der Waals surface area (Å²) in [7, 11) is 0. The molecule has 2 aromatic rings. The molecule has 0 unspecified atom stereocenters. The van der Waals surface area contributed by atoms with Gasteiger partial charge in [0, 0.05) is 22.2 Å². The quantitative estimate of drug-likeness (QED) is 0.296. The molecular formula is C28H39N5O2S2. The number of hydrogen-bond donors (Lipinski definition) is 1. The van der Waals surface area contributed by atoms with Crippen LogP contribution < -0.4 is 5.73 Å². The Hall–Kier alpha value is -2.75. The lowest BCUT2D eigenvalue weighted by Crippen LogP contribution is -2.25. The first-order valence-electron chi connectivity index (χ1n) is 12.2. The van der Waals surface area contributed by atoms with Crippen LogP contribution in [0.4, 0.5) is 5.82 Å². The number of rotatable bonds is 8. The Morgan fingerprint density at radius 1 is 0.892 bits per heavy atom. The van der Waals surface area contributed by atoms with Gasteiger partial charge in [-0.25, -0.2) is 4.98 Å². The highest BCUT2D eigenvalue weighted by Crippen LogP contribution is 2.30. The number of ether oxygens (including phenoxy) is 1. The smallest absolute Gasteiger partial charge is 0.312 e. The van der Waals surface area contributed by atoms with Crippen LogP contribution in [0.1, 0.15) is 79.1 Å². The van der Waals surface area contributed by atoms with Crippen LogP contribution in [0.2, 0.25) is 0 Å². The molecule has 0 atom stereocenters. The van der Waals surface area contributed by atoms with Crippen molar-refractivity contribution in [3.8, 4) is 12.1 Å². The van der Waals surface area contributed by atoms with E-state index in [0.717, 1.165) is 32.4 Å². The van der Waals surface area contributed by atoms with E-state index in [1.165, 1.54) is 0 Å². The Labute approximate surface area is 230 Å². The predicted molar refractivity (Wildman–Crippen MR) is 153 cm³/mol. The highest BCUT2D eigenvalue weighted by Gasteiger charge is 2.24. The van der Waals surface area contributed by atoms with E-state index in [4.69, 9.17) is 15.7 Å². The van der Waals surface area contributed by atoms with Crippen molar-refractivity contribution in [1.29, 1.82) is 10.5 Å². The summed E-state index contributed by atoms with van der Waals surface area (Å²) in [6.45, 7) is 17.1. The van der Waals surface area contributed by atoms with Gasteiger partial charge in [-0.1, -0.05) is 13.8 Å². The summed E-state index contributed by atoms with van der Waals surface area (Å²) in [5.41, 5.74) is 6.62. The maximum Gasteiger partial charge on any atom is 0.312 e. The molecule has 0 radical (unpaired) electrons. The Balaban J connectivity index is 0.000000397. The van der Waals surface area contributed by atoms with Gasteiger partial charge in [0.05, 0.1) is 35.1 Å². The fourth-order valence-corrected chi connectivity index (χ4v) is 4.47. The van der Waals surface area contributed by atoms with Gasteiger partial charge >= 0.3 is 5.97 Å². The van der Waals surface area contributed by atoms with Crippen molar-refractivity contribution < 1.29 is 9.53 Å². The molecular weight excluding hydrogens is 502 g/mol. The fraction of sp³-hybridized carbons (Fsp3) is 0.536. The maximum atomic E-state index is 12.0. The summed E-state index contributed by atoms with van der Waals surface area (Å²) in [6.07, 6.45) is 3.51. The Kier molecular flexibility index (Phi) is 11.9. The number of thioether (sulfide) groups is 2. The van der Waals surface area contributed by atoms with Gasteiger partial charge in [-0.15, -0.1) is 23.5 Å². The third kappa shape index (κ3) is 10.3. The topological polar surface area (TPSA) is 126 Å². The maximum absolute atomic E-state index is 12.0. The van der Waals surface area contributed by atoms with Crippen LogP contribution >= 0.6 is 23.5 Å². The van der Waals surface area contributed by atoms with Crippen molar-refractivity contribution in [2.45, 2.75) is 95.0 Å². The molecule has 0 aliphatic heterocycles. The third-order valence-electron chi connectivity index (χ3n) is 5.15. The second kappa shape index (κ2) is 13.7. The molecule has 2 N–H and O–H groups in total. The van der Waals surface area contributed by atoms with Crippen LogP contribution in [0.3, 0.4) is 0 Å².